The summed E-state index contributed by atoms with van der Waals surface area (Å²) in [6, 6.07) is 12.6. The van der Waals surface area contributed by atoms with Crippen LogP contribution < -0.4 is 5.32 Å². The van der Waals surface area contributed by atoms with E-state index in [0.717, 1.165) is 24.0 Å². The van der Waals surface area contributed by atoms with Gasteiger partial charge in [0.2, 0.25) is 0 Å². The minimum absolute atomic E-state index is 0.192. The summed E-state index contributed by atoms with van der Waals surface area (Å²) in [5.41, 5.74) is 1.79. The number of aromatic carboxylic acids is 1. The van der Waals surface area contributed by atoms with E-state index < -0.39 is 5.97 Å². The summed E-state index contributed by atoms with van der Waals surface area (Å²) in [4.78, 5) is 25.1. The maximum absolute atomic E-state index is 13.3. The summed E-state index contributed by atoms with van der Waals surface area (Å²) in [6.45, 7) is 0.678. The molecular weight excluding hydrogens is 323 g/mol. The van der Waals surface area contributed by atoms with Crippen LogP contribution in [0.1, 0.15) is 34.3 Å². The van der Waals surface area contributed by atoms with Crippen molar-refractivity contribution in [1.29, 1.82) is 0 Å². The quantitative estimate of drug-likeness (QED) is 0.845. The Morgan fingerprint density at radius 3 is 2.44 bits per heavy atom. The molecule has 6 heteroatoms. The molecular formula is C19H19FN2O3. The Morgan fingerprint density at radius 2 is 1.84 bits per heavy atom. The van der Waals surface area contributed by atoms with Gasteiger partial charge in [-0.15, -0.1) is 0 Å². The highest BCUT2D eigenvalue weighted by molar-refractivity contribution is 5.87. The molecule has 1 aliphatic rings. The molecule has 2 aromatic rings. The second-order valence-corrected chi connectivity index (χ2v) is 6.15. The average molecular weight is 342 g/mol. The molecule has 0 saturated heterocycles. The Hall–Kier alpha value is -2.89. The largest absolute Gasteiger partial charge is 0.478 e. The molecule has 0 atom stereocenters. The third-order valence-electron chi connectivity index (χ3n) is 4.14. The Bertz CT molecular complexity index is 772. The highest BCUT2D eigenvalue weighted by Gasteiger charge is 2.32. The second kappa shape index (κ2) is 7.34. The van der Waals surface area contributed by atoms with Crippen molar-refractivity contribution in [2.75, 3.05) is 0 Å². The van der Waals surface area contributed by atoms with E-state index in [0.29, 0.717) is 13.1 Å². The van der Waals surface area contributed by atoms with Crippen LogP contribution in [0, 0.1) is 5.82 Å². The topological polar surface area (TPSA) is 69.6 Å². The predicted molar refractivity (Wildman–Crippen MR) is 90.6 cm³/mol. The van der Waals surface area contributed by atoms with Gasteiger partial charge in [0.05, 0.1) is 5.56 Å². The molecule has 2 amide bonds. The summed E-state index contributed by atoms with van der Waals surface area (Å²) < 4.78 is 13.3. The van der Waals surface area contributed by atoms with E-state index in [1.54, 1.807) is 29.2 Å². The summed E-state index contributed by atoms with van der Waals surface area (Å²) >= 11 is 0. The van der Waals surface area contributed by atoms with Crippen molar-refractivity contribution in [3.63, 3.8) is 0 Å². The van der Waals surface area contributed by atoms with Crippen LogP contribution in [0.4, 0.5) is 9.18 Å². The van der Waals surface area contributed by atoms with E-state index in [4.69, 9.17) is 5.11 Å². The van der Waals surface area contributed by atoms with E-state index >= 15 is 0 Å². The first kappa shape index (κ1) is 17.0. The number of hydrogen-bond donors (Lipinski definition) is 2. The molecule has 0 spiro atoms. The van der Waals surface area contributed by atoms with Crippen molar-refractivity contribution >= 4 is 12.0 Å². The fourth-order valence-corrected chi connectivity index (χ4v) is 2.63. The molecule has 1 fully saturated rings. The number of rotatable bonds is 6. The minimum atomic E-state index is -0.981. The number of urea groups is 1. The molecule has 0 aliphatic heterocycles. The van der Waals surface area contributed by atoms with Gasteiger partial charge in [-0.3, -0.25) is 0 Å². The van der Waals surface area contributed by atoms with Crippen molar-refractivity contribution < 1.29 is 19.1 Å². The zero-order chi connectivity index (χ0) is 17.8. The van der Waals surface area contributed by atoms with Crippen LogP contribution in [-0.2, 0) is 13.1 Å². The number of carbonyl (C=O) groups excluding carboxylic acids is 1. The third kappa shape index (κ3) is 4.56. The maximum atomic E-state index is 13.3. The van der Waals surface area contributed by atoms with Gasteiger partial charge >= 0.3 is 12.0 Å². The number of amides is 2. The Morgan fingerprint density at radius 1 is 1.12 bits per heavy atom. The predicted octanol–water partition coefficient (Wildman–Crippen LogP) is 3.40. The van der Waals surface area contributed by atoms with Crippen molar-refractivity contribution in [2.24, 2.45) is 0 Å². The van der Waals surface area contributed by atoms with Gasteiger partial charge in [0.1, 0.15) is 5.82 Å². The van der Waals surface area contributed by atoms with Gasteiger partial charge in [0, 0.05) is 19.1 Å². The van der Waals surface area contributed by atoms with Crippen LogP contribution in [0.15, 0.2) is 48.5 Å². The molecule has 25 heavy (non-hydrogen) atoms. The number of carboxylic acid groups (broad SMARTS) is 1. The SMILES string of the molecule is O=C(O)c1ccc(CNC(=O)N(Cc2cccc(F)c2)C2CC2)cc1. The Balaban J connectivity index is 1.60. The summed E-state index contributed by atoms with van der Waals surface area (Å²) in [5.74, 6) is -1.29. The highest BCUT2D eigenvalue weighted by atomic mass is 19.1. The van der Waals surface area contributed by atoms with E-state index in [1.807, 2.05) is 0 Å². The monoisotopic (exact) mass is 342 g/mol. The van der Waals surface area contributed by atoms with Crippen molar-refractivity contribution in [2.45, 2.75) is 32.0 Å². The van der Waals surface area contributed by atoms with Crippen LogP contribution in [0.25, 0.3) is 0 Å². The molecule has 0 bridgehead atoms. The normalized spacial score (nSPS) is 13.3. The number of hydrogen-bond acceptors (Lipinski definition) is 2. The van der Waals surface area contributed by atoms with Gasteiger partial charge in [-0.05, 0) is 48.2 Å². The second-order valence-electron chi connectivity index (χ2n) is 6.15. The van der Waals surface area contributed by atoms with Crippen molar-refractivity contribution in [3.05, 3.63) is 71.0 Å². The van der Waals surface area contributed by atoms with Crippen LogP contribution in [0.2, 0.25) is 0 Å². The molecule has 0 aromatic heterocycles. The lowest BCUT2D eigenvalue weighted by atomic mass is 10.1. The van der Waals surface area contributed by atoms with Gasteiger partial charge in [-0.2, -0.15) is 0 Å². The Kier molecular flexibility index (Phi) is 4.97. The number of carboxylic acids is 1. The molecule has 3 rings (SSSR count). The first-order chi connectivity index (χ1) is 12.0. The van der Waals surface area contributed by atoms with Gasteiger partial charge in [0.15, 0.2) is 0 Å². The fourth-order valence-electron chi connectivity index (χ4n) is 2.63. The molecule has 0 heterocycles. The smallest absolute Gasteiger partial charge is 0.335 e. The number of nitrogens with one attached hydrogen (secondary N) is 1. The molecule has 1 saturated carbocycles. The van der Waals surface area contributed by atoms with Crippen LogP contribution in [0.5, 0.6) is 0 Å². The third-order valence-corrected chi connectivity index (χ3v) is 4.14. The number of halogens is 1. The molecule has 0 radical (unpaired) electrons. The fraction of sp³-hybridized carbons (Fsp3) is 0.263. The Labute approximate surface area is 145 Å². The zero-order valence-corrected chi connectivity index (χ0v) is 13.6. The minimum Gasteiger partial charge on any atom is -0.478 e. The van der Waals surface area contributed by atoms with E-state index in [1.165, 1.54) is 24.3 Å². The molecule has 130 valence electrons. The first-order valence-electron chi connectivity index (χ1n) is 8.14. The molecule has 2 N–H and O–H groups in total. The standard InChI is InChI=1S/C19H19FN2O3/c20-16-3-1-2-14(10-16)12-22(17-8-9-17)19(25)21-11-13-4-6-15(7-5-13)18(23)24/h1-7,10,17H,8-9,11-12H2,(H,21,25)(H,23,24). The lowest BCUT2D eigenvalue weighted by molar-refractivity contribution is 0.0697. The molecule has 1 aliphatic carbocycles. The summed E-state index contributed by atoms with van der Waals surface area (Å²) in [6.07, 6.45) is 1.91. The van der Waals surface area contributed by atoms with Crippen molar-refractivity contribution in [1.82, 2.24) is 10.2 Å². The molecule has 2 aromatic carbocycles. The van der Waals surface area contributed by atoms with Crippen LogP contribution in [0.3, 0.4) is 0 Å². The van der Waals surface area contributed by atoms with Gasteiger partial charge in [-0.25, -0.2) is 14.0 Å². The van der Waals surface area contributed by atoms with E-state index in [2.05, 4.69) is 5.32 Å². The van der Waals surface area contributed by atoms with E-state index in [9.17, 15) is 14.0 Å². The van der Waals surface area contributed by atoms with Gasteiger partial charge in [-0.1, -0.05) is 24.3 Å². The van der Waals surface area contributed by atoms with E-state index in [-0.39, 0.29) is 23.5 Å². The molecule has 5 nitrogen and oxygen atoms in total. The summed E-state index contributed by atoms with van der Waals surface area (Å²) in [5, 5.41) is 11.7. The summed E-state index contributed by atoms with van der Waals surface area (Å²) in [7, 11) is 0. The van der Waals surface area contributed by atoms with Crippen LogP contribution >= 0.6 is 0 Å². The van der Waals surface area contributed by atoms with Crippen molar-refractivity contribution in [3.8, 4) is 0 Å². The van der Waals surface area contributed by atoms with Crippen LogP contribution in [-0.4, -0.2) is 28.0 Å². The van der Waals surface area contributed by atoms with Gasteiger partial charge < -0.3 is 15.3 Å². The molecule has 0 unspecified atom stereocenters. The average Bonchev–Trinajstić information content (AvgIpc) is 3.43. The lowest BCUT2D eigenvalue weighted by Gasteiger charge is -2.23. The first-order valence-corrected chi connectivity index (χ1v) is 8.14. The maximum Gasteiger partial charge on any atom is 0.335 e. The van der Waals surface area contributed by atoms with Gasteiger partial charge in [0.25, 0.3) is 0 Å². The highest BCUT2D eigenvalue weighted by Crippen LogP contribution is 2.28. The lowest BCUT2D eigenvalue weighted by Crippen LogP contribution is -2.40. The number of benzene rings is 2. The number of carbonyl (C=O) groups is 2. The number of nitrogens with zero attached hydrogens (tertiary/aromatic N) is 1. The zero-order valence-electron chi connectivity index (χ0n) is 13.6.